The second kappa shape index (κ2) is 7.60. The van der Waals surface area contributed by atoms with E-state index in [1.165, 1.54) is 23.6 Å². The molecule has 1 aromatic heterocycles. The molecule has 1 aromatic rings. The summed E-state index contributed by atoms with van der Waals surface area (Å²) in [6.07, 6.45) is 3.17. The van der Waals surface area contributed by atoms with Crippen LogP contribution in [0.15, 0.2) is 15.8 Å². The standard InChI is InChI=1S/C16H25N3O5/c1-11-9-19(16(22)17-15(11)21)14-8-12(13(10-20)24-14)23-7-6-18-4-2-3-5-18/h9,12-14,20H,2-8,10H2,1H3,(H,17,21,22)/t12-,13+,14+/m0/s1. The van der Waals surface area contributed by atoms with Crippen LogP contribution in [0.4, 0.5) is 0 Å². The fourth-order valence-electron chi connectivity index (χ4n) is 3.35. The quantitative estimate of drug-likeness (QED) is 0.732. The largest absolute Gasteiger partial charge is 0.394 e. The second-order valence-electron chi connectivity index (χ2n) is 6.48. The summed E-state index contributed by atoms with van der Waals surface area (Å²) in [7, 11) is 0. The molecular formula is C16H25N3O5. The summed E-state index contributed by atoms with van der Waals surface area (Å²) in [6, 6.07) is 0. The van der Waals surface area contributed by atoms with Gasteiger partial charge >= 0.3 is 5.69 Å². The van der Waals surface area contributed by atoms with Gasteiger partial charge in [0, 0.05) is 24.7 Å². The highest BCUT2D eigenvalue weighted by molar-refractivity contribution is 5.02. The number of aliphatic hydroxyl groups is 1. The number of rotatable bonds is 6. The van der Waals surface area contributed by atoms with Gasteiger partial charge in [-0.3, -0.25) is 14.3 Å². The van der Waals surface area contributed by atoms with Crippen LogP contribution in [0, 0.1) is 6.92 Å². The lowest BCUT2D eigenvalue weighted by molar-refractivity contribution is -0.0638. The summed E-state index contributed by atoms with van der Waals surface area (Å²) >= 11 is 0. The third-order valence-electron chi connectivity index (χ3n) is 4.75. The Morgan fingerprint density at radius 3 is 2.83 bits per heavy atom. The molecule has 3 atom stereocenters. The zero-order chi connectivity index (χ0) is 17.1. The van der Waals surface area contributed by atoms with Crippen molar-refractivity contribution in [2.75, 3.05) is 32.8 Å². The Hall–Kier alpha value is -1.48. The Morgan fingerprint density at radius 1 is 1.38 bits per heavy atom. The third kappa shape index (κ3) is 3.77. The summed E-state index contributed by atoms with van der Waals surface area (Å²) in [5.74, 6) is 0. The molecule has 2 N–H and O–H groups in total. The fraction of sp³-hybridized carbons (Fsp3) is 0.750. The average molecular weight is 339 g/mol. The Morgan fingerprint density at radius 2 is 2.12 bits per heavy atom. The Balaban J connectivity index is 1.62. The van der Waals surface area contributed by atoms with Gasteiger partial charge in [-0.2, -0.15) is 0 Å². The first kappa shape index (κ1) is 17.3. The van der Waals surface area contributed by atoms with Crippen molar-refractivity contribution in [2.45, 2.75) is 44.6 Å². The zero-order valence-electron chi connectivity index (χ0n) is 13.9. The maximum Gasteiger partial charge on any atom is 0.330 e. The van der Waals surface area contributed by atoms with Gasteiger partial charge in [0.2, 0.25) is 0 Å². The van der Waals surface area contributed by atoms with Crippen LogP contribution < -0.4 is 11.2 Å². The van der Waals surface area contributed by atoms with Gasteiger partial charge in [-0.15, -0.1) is 0 Å². The molecule has 0 spiro atoms. The molecule has 24 heavy (non-hydrogen) atoms. The normalized spacial score (nSPS) is 27.8. The van der Waals surface area contributed by atoms with Gasteiger partial charge in [-0.05, 0) is 32.9 Å². The number of aliphatic hydroxyl groups excluding tert-OH is 1. The molecule has 2 saturated heterocycles. The predicted molar refractivity (Wildman–Crippen MR) is 87.1 cm³/mol. The Labute approximate surface area is 140 Å². The number of aryl methyl sites for hydroxylation is 1. The molecule has 0 saturated carbocycles. The van der Waals surface area contributed by atoms with Gasteiger partial charge in [0.15, 0.2) is 0 Å². The van der Waals surface area contributed by atoms with Crippen LogP contribution in [-0.2, 0) is 9.47 Å². The summed E-state index contributed by atoms with van der Waals surface area (Å²) in [6.45, 7) is 5.15. The van der Waals surface area contributed by atoms with Crippen LogP contribution in [0.1, 0.15) is 31.1 Å². The Bertz CT molecular complexity index is 664. The average Bonchev–Trinajstić information content (AvgIpc) is 3.20. The molecule has 3 rings (SSSR count). The topological polar surface area (TPSA) is 96.8 Å². The van der Waals surface area contributed by atoms with Crippen LogP contribution >= 0.6 is 0 Å². The lowest BCUT2D eigenvalue weighted by Gasteiger charge is -2.19. The minimum Gasteiger partial charge on any atom is -0.394 e. The first-order valence-electron chi connectivity index (χ1n) is 8.51. The van der Waals surface area contributed by atoms with E-state index < -0.39 is 23.6 Å². The minimum absolute atomic E-state index is 0.165. The van der Waals surface area contributed by atoms with E-state index in [-0.39, 0.29) is 12.7 Å². The van der Waals surface area contributed by atoms with Crippen molar-refractivity contribution < 1.29 is 14.6 Å². The molecule has 2 aliphatic rings. The van der Waals surface area contributed by atoms with Gasteiger partial charge in [0.1, 0.15) is 12.3 Å². The predicted octanol–water partition coefficient (Wildman–Crippen LogP) is -0.394. The monoisotopic (exact) mass is 339 g/mol. The van der Waals surface area contributed by atoms with Gasteiger partial charge in [0.25, 0.3) is 5.56 Å². The number of nitrogens with zero attached hydrogens (tertiary/aromatic N) is 2. The summed E-state index contributed by atoms with van der Waals surface area (Å²) in [5.41, 5.74) is -0.464. The van der Waals surface area contributed by atoms with Crippen molar-refractivity contribution in [3.05, 3.63) is 32.6 Å². The molecule has 0 aliphatic carbocycles. The van der Waals surface area contributed by atoms with Crippen molar-refractivity contribution in [3.63, 3.8) is 0 Å². The highest BCUT2D eigenvalue weighted by atomic mass is 16.6. The number of hydrogen-bond donors (Lipinski definition) is 2. The number of H-pyrrole nitrogens is 1. The van der Waals surface area contributed by atoms with Crippen molar-refractivity contribution in [3.8, 4) is 0 Å². The fourth-order valence-corrected chi connectivity index (χ4v) is 3.35. The van der Waals surface area contributed by atoms with Crippen LogP contribution in [0.2, 0.25) is 0 Å². The van der Waals surface area contributed by atoms with Gasteiger partial charge in [-0.1, -0.05) is 0 Å². The molecule has 3 heterocycles. The zero-order valence-corrected chi connectivity index (χ0v) is 13.9. The van der Waals surface area contributed by atoms with E-state index in [9.17, 15) is 14.7 Å². The SMILES string of the molecule is Cc1cn([C@H]2C[C@H](OCCN3CCCC3)[C@@H](CO)O2)c(=O)[nH]c1=O. The van der Waals surface area contributed by atoms with E-state index in [4.69, 9.17) is 9.47 Å². The molecule has 2 fully saturated rings. The smallest absolute Gasteiger partial charge is 0.330 e. The molecule has 0 aromatic carbocycles. The first-order chi connectivity index (χ1) is 11.6. The number of nitrogens with one attached hydrogen (secondary N) is 1. The van der Waals surface area contributed by atoms with Gasteiger partial charge in [-0.25, -0.2) is 4.79 Å². The highest BCUT2D eigenvalue weighted by Crippen LogP contribution is 2.29. The van der Waals surface area contributed by atoms with Crippen molar-refractivity contribution >= 4 is 0 Å². The maximum atomic E-state index is 12.0. The Kier molecular flexibility index (Phi) is 5.50. The van der Waals surface area contributed by atoms with E-state index in [0.29, 0.717) is 18.6 Å². The van der Waals surface area contributed by atoms with Crippen molar-refractivity contribution in [2.24, 2.45) is 0 Å². The lowest BCUT2D eigenvalue weighted by atomic mass is 10.2. The summed E-state index contributed by atoms with van der Waals surface area (Å²) in [5, 5.41) is 9.52. The van der Waals surface area contributed by atoms with E-state index in [0.717, 1.165) is 19.6 Å². The number of hydrogen-bond acceptors (Lipinski definition) is 6. The van der Waals surface area contributed by atoms with E-state index in [1.54, 1.807) is 6.92 Å². The first-order valence-corrected chi connectivity index (χ1v) is 8.51. The molecule has 0 radical (unpaired) electrons. The molecule has 8 nitrogen and oxygen atoms in total. The van der Waals surface area contributed by atoms with Gasteiger partial charge < -0.3 is 19.5 Å². The molecular weight excluding hydrogens is 314 g/mol. The van der Waals surface area contributed by atoms with Crippen LogP contribution in [0.3, 0.4) is 0 Å². The molecule has 0 amide bonds. The molecule has 0 unspecified atom stereocenters. The van der Waals surface area contributed by atoms with E-state index in [1.807, 2.05) is 0 Å². The van der Waals surface area contributed by atoms with Crippen LogP contribution in [0.25, 0.3) is 0 Å². The highest BCUT2D eigenvalue weighted by Gasteiger charge is 2.37. The van der Waals surface area contributed by atoms with Crippen LogP contribution in [0.5, 0.6) is 0 Å². The second-order valence-corrected chi connectivity index (χ2v) is 6.48. The maximum absolute atomic E-state index is 12.0. The van der Waals surface area contributed by atoms with E-state index >= 15 is 0 Å². The number of aromatic amines is 1. The van der Waals surface area contributed by atoms with E-state index in [2.05, 4.69) is 9.88 Å². The molecule has 0 bridgehead atoms. The third-order valence-corrected chi connectivity index (χ3v) is 4.75. The minimum atomic E-state index is -0.540. The lowest BCUT2D eigenvalue weighted by Crippen LogP contribution is -2.33. The molecule has 134 valence electrons. The van der Waals surface area contributed by atoms with Crippen molar-refractivity contribution in [1.82, 2.24) is 14.5 Å². The summed E-state index contributed by atoms with van der Waals surface area (Å²) in [4.78, 5) is 28.1. The number of ether oxygens (including phenoxy) is 2. The number of aromatic nitrogens is 2. The summed E-state index contributed by atoms with van der Waals surface area (Å²) < 4.78 is 13.0. The van der Waals surface area contributed by atoms with Crippen molar-refractivity contribution in [1.29, 1.82) is 0 Å². The van der Waals surface area contributed by atoms with Crippen LogP contribution in [-0.4, -0.2) is 64.6 Å². The van der Waals surface area contributed by atoms with Gasteiger partial charge in [0.05, 0.1) is 19.3 Å². The molecule has 8 heteroatoms. The molecule has 2 aliphatic heterocycles. The number of likely N-dealkylation sites (tertiary alicyclic amines) is 1.